The molecule has 2 aliphatic heterocycles. The van der Waals surface area contributed by atoms with Gasteiger partial charge in [0.2, 0.25) is 0 Å². The lowest BCUT2D eigenvalue weighted by Crippen LogP contribution is -2.25. The maximum Gasteiger partial charge on any atom is 0.160 e. The van der Waals surface area contributed by atoms with E-state index >= 15 is 0 Å². The van der Waals surface area contributed by atoms with Crippen LogP contribution in [-0.2, 0) is 11.3 Å². The van der Waals surface area contributed by atoms with Gasteiger partial charge in [-0.1, -0.05) is 19.6 Å². The van der Waals surface area contributed by atoms with Crippen molar-refractivity contribution in [3.8, 4) is 11.5 Å². The highest BCUT2D eigenvalue weighted by molar-refractivity contribution is 6.76. The summed E-state index contributed by atoms with van der Waals surface area (Å²) in [5, 5.41) is 10.3. The maximum absolute atomic E-state index is 10.3. The van der Waals surface area contributed by atoms with Crippen LogP contribution < -0.4 is 9.64 Å². The Labute approximate surface area is 163 Å². The number of hydrogen-bond acceptors (Lipinski definition) is 5. The molecule has 1 aliphatic carbocycles. The Hall–Kier alpha value is -1.66. The van der Waals surface area contributed by atoms with Gasteiger partial charge in [-0.2, -0.15) is 0 Å². The summed E-state index contributed by atoms with van der Waals surface area (Å²) in [6.07, 6.45) is 6.10. The van der Waals surface area contributed by atoms with Crippen molar-refractivity contribution in [1.29, 1.82) is 0 Å². The molecule has 148 valence electrons. The zero-order valence-electron chi connectivity index (χ0n) is 17.0. The number of hydrogen-bond donors (Lipinski definition) is 1. The van der Waals surface area contributed by atoms with Crippen LogP contribution in [0.25, 0.3) is 0 Å². The van der Waals surface area contributed by atoms with Gasteiger partial charge in [0.05, 0.1) is 12.8 Å². The highest BCUT2D eigenvalue weighted by Gasteiger charge is 2.50. The van der Waals surface area contributed by atoms with Crippen molar-refractivity contribution in [2.45, 2.75) is 51.5 Å². The third-order valence-corrected chi connectivity index (χ3v) is 7.73. The van der Waals surface area contributed by atoms with Crippen molar-refractivity contribution < 1.29 is 14.6 Å². The number of phenols is 1. The summed E-state index contributed by atoms with van der Waals surface area (Å²) >= 11 is 0. The Bertz CT molecular complexity index is 753. The SMILES string of the molecule is COc1cc2c(cc1O)N(COCC[Si](C)(C)C)C=C1CC3(CC3)CN1C2. The average Bonchev–Trinajstić information content (AvgIpc) is 3.28. The predicted molar refractivity (Wildman–Crippen MR) is 111 cm³/mol. The standard InChI is InChI=1S/C21H32N2O3Si/c1-25-20-9-16-12-22-14-21(5-6-21)11-17(22)13-23(18(16)10-19(20)24)15-26-7-8-27(2,3)4/h9-10,13,24H,5-8,11-12,14-15H2,1-4H3. The number of rotatable bonds is 6. The lowest BCUT2D eigenvalue weighted by Gasteiger charge is -2.24. The summed E-state index contributed by atoms with van der Waals surface area (Å²) < 4.78 is 11.4. The van der Waals surface area contributed by atoms with Crippen LogP contribution in [0, 0.1) is 5.41 Å². The fourth-order valence-corrected chi connectivity index (χ4v) is 4.87. The van der Waals surface area contributed by atoms with Crippen molar-refractivity contribution >= 4 is 13.8 Å². The van der Waals surface area contributed by atoms with E-state index in [1.165, 1.54) is 24.1 Å². The number of allylic oxidation sites excluding steroid dienone is 1. The van der Waals surface area contributed by atoms with Crippen LogP contribution in [-0.4, -0.2) is 45.1 Å². The minimum atomic E-state index is -1.10. The number of nitrogens with zero attached hydrogens (tertiary/aromatic N) is 2. The number of fused-ring (bicyclic) bond motifs is 2. The molecule has 6 heteroatoms. The fourth-order valence-electron chi connectivity index (χ4n) is 4.11. The minimum Gasteiger partial charge on any atom is -0.504 e. The monoisotopic (exact) mass is 388 g/mol. The lowest BCUT2D eigenvalue weighted by atomic mass is 10.1. The van der Waals surface area contributed by atoms with E-state index in [0.717, 1.165) is 37.8 Å². The quantitative estimate of drug-likeness (QED) is 0.579. The van der Waals surface area contributed by atoms with Gasteiger partial charge in [-0.25, -0.2) is 0 Å². The van der Waals surface area contributed by atoms with Gasteiger partial charge in [-0.05, 0) is 42.4 Å². The molecule has 2 heterocycles. The van der Waals surface area contributed by atoms with Gasteiger partial charge in [-0.15, -0.1) is 0 Å². The first kappa shape index (κ1) is 18.7. The summed E-state index contributed by atoms with van der Waals surface area (Å²) in [4.78, 5) is 4.68. The Morgan fingerprint density at radius 1 is 1.22 bits per heavy atom. The largest absolute Gasteiger partial charge is 0.504 e. The maximum atomic E-state index is 10.3. The van der Waals surface area contributed by atoms with Gasteiger partial charge >= 0.3 is 0 Å². The third-order valence-electron chi connectivity index (χ3n) is 6.03. The van der Waals surface area contributed by atoms with Gasteiger partial charge in [0.15, 0.2) is 11.5 Å². The van der Waals surface area contributed by atoms with Gasteiger partial charge < -0.3 is 24.4 Å². The number of anilines is 1. The highest BCUT2D eigenvalue weighted by atomic mass is 28.3. The minimum absolute atomic E-state index is 0.183. The first-order valence-electron chi connectivity index (χ1n) is 9.99. The van der Waals surface area contributed by atoms with Crippen LogP contribution in [0.4, 0.5) is 5.69 Å². The molecule has 0 aromatic heterocycles. The molecule has 0 amide bonds. The number of aromatic hydroxyl groups is 1. The fraction of sp³-hybridized carbons (Fsp3) is 0.619. The molecule has 4 rings (SSSR count). The second-order valence-electron chi connectivity index (χ2n) is 9.62. The molecule has 3 aliphatic rings. The first-order chi connectivity index (χ1) is 12.8. The van der Waals surface area contributed by atoms with E-state index in [0.29, 0.717) is 17.9 Å². The summed E-state index contributed by atoms with van der Waals surface area (Å²) in [5.74, 6) is 0.722. The number of ether oxygens (including phenoxy) is 2. The Morgan fingerprint density at radius 2 is 2.00 bits per heavy atom. The predicted octanol–water partition coefficient (Wildman–Crippen LogP) is 4.36. The molecule has 1 saturated carbocycles. The summed E-state index contributed by atoms with van der Waals surface area (Å²) in [6, 6.07) is 4.96. The van der Waals surface area contributed by atoms with Crippen LogP contribution in [0.5, 0.6) is 11.5 Å². The van der Waals surface area contributed by atoms with Gasteiger partial charge in [-0.3, -0.25) is 0 Å². The van der Waals surface area contributed by atoms with E-state index < -0.39 is 8.07 Å². The highest BCUT2D eigenvalue weighted by Crippen LogP contribution is 2.57. The van der Waals surface area contributed by atoms with Crippen molar-refractivity contribution in [3.63, 3.8) is 0 Å². The molecular formula is C21H32N2O3Si. The molecule has 1 saturated heterocycles. The molecular weight excluding hydrogens is 356 g/mol. The summed E-state index contributed by atoms with van der Waals surface area (Å²) in [7, 11) is 0.502. The molecule has 0 bridgehead atoms. The Balaban J connectivity index is 1.58. The topological polar surface area (TPSA) is 45.2 Å². The normalized spacial score (nSPS) is 20.2. The second-order valence-corrected chi connectivity index (χ2v) is 15.2. The van der Waals surface area contributed by atoms with E-state index in [2.05, 4.69) is 35.6 Å². The molecule has 27 heavy (non-hydrogen) atoms. The van der Waals surface area contributed by atoms with Gasteiger partial charge in [0, 0.05) is 45.7 Å². The second kappa shape index (κ2) is 6.74. The van der Waals surface area contributed by atoms with Crippen LogP contribution in [0.2, 0.25) is 25.7 Å². The molecule has 0 unspecified atom stereocenters. The lowest BCUT2D eigenvalue weighted by molar-refractivity contribution is 0.152. The number of phenolic OH excluding ortho intramolecular Hbond substituents is 1. The third kappa shape index (κ3) is 3.97. The molecule has 1 aromatic carbocycles. The molecule has 0 radical (unpaired) electrons. The Kier molecular flexibility index (Phi) is 4.67. The molecule has 0 atom stereocenters. The average molecular weight is 389 g/mol. The summed E-state index contributed by atoms with van der Waals surface area (Å²) in [5.41, 5.74) is 4.13. The van der Waals surface area contributed by atoms with E-state index in [-0.39, 0.29) is 5.75 Å². The van der Waals surface area contributed by atoms with Crippen LogP contribution in [0.15, 0.2) is 24.0 Å². The molecule has 1 spiro atoms. The molecule has 5 nitrogen and oxygen atoms in total. The zero-order valence-corrected chi connectivity index (χ0v) is 18.0. The van der Waals surface area contributed by atoms with Gasteiger partial charge in [0.1, 0.15) is 6.73 Å². The van der Waals surface area contributed by atoms with Crippen LogP contribution in [0.3, 0.4) is 0 Å². The number of methoxy groups -OCH3 is 1. The van der Waals surface area contributed by atoms with Crippen molar-refractivity contribution in [3.05, 3.63) is 29.6 Å². The number of benzene rings is 1. The first-order valence-corrected chi connectivity index (χ1v) is 13.7. The van der Waals surface area contributed by atoms with E-state index in [1.807, 2.05) is 12.1 Å². The summed E-state index contributed by atoms with van der Waals surface area (Å²) in [6.45, 7) is 10.4. The molecule has 2 fully saturated rings. The smallest absolute Gasteiger partial charge is 0.160 e. The molecule has 1 aromatic rings. The molecule has 1 N–H and O–H groups in total. The Morgan fingerprint density at radius 3 is 2.67 bits per heavy atom. The van der Waals surface area contributed by atoms with Gasteiger partial charge in [0.25, 0.3) is 0 Å². The van der Waals surface area contributed by atoms with E-state index in [1.54, 1.807) is 7.11 Å². The van der Waals surface area contributed by atoms with Crippen molar-refractivity contribution in [1.82, 2.24) is 4.90 Å². The van der Waals surface area contributed by atoms with Crippen molar-refractivity contribution in [2.75, 3.05) is 31.9 Å². The van der Waals surface area contributed by atoms with Crippen LogP contribution >= 0.6 is 0 Å². The van der Waals surface area contributed by atoms with Crippen LogP contribution in [0.1, 0.15) is 24.8 Å². The van der Waals surface area contributed by atoms with Crippen molar-refractivity contribution in [2.24, 2.45) is 5.41 Å². The van der Waals surface area contributed by atoms with E-state index in [9.17, 15) is 5.11 Å². The van der Waals surface area contributed by atoms with E-state index in [4.69, 9.17) is 9.47 Å². The zero-order chi connectivity index (χ0) is 19.2.